The van der Waals surface area contributed by atoms with Crippen LogP contribution in [0.1, 0.15) is 24.2 Å². The largest absolute Gasteiger partial charge is 0.489 e. The van der Waals surface area contributed by atoms with Crippen LogP contribution in [0.2, 0.25) is 0 Å². The fraction of sp³-hybridized carbons (Fsp3) is 0.364. The van der Waals surface area contributed by atoms with Crippen LogP contribution in [0.15, 0.2) is 18.2 Å². The van der Waals surface area contributed by atoms with Crippen molar-refractivity contribution in [3.05, 3.63) is 23.8 Å². The molecule has 0 aliphatic rings. The summed E-state index contributed by atoms with van der Waals surface area (Å²) in [7, 11) is 1.33. The Morgan fingerprint density at radius 3 is 2.53 bits per heavy atom. The van der Waals surface area contributed by atoms with Crippen LogP contribution in [0.5, 0.6) is 5.75 Å². The summed E-state index contributed by atoms with van der Waals surface area (Å²) in [6.07, 6.45) is 0.0521. The molecule has 0 saturated heterocycles. The average molecular weight is 209 g/mol. The predicted octanol–water partition coefficient (Wildman–Crippen LogP) is 1.84. The van der Waals surface area contributed by atoms with Gasteiger partial charge in [0.2, 0.25) is 0 Å². The van der Waals surface area contributed by atoms with E-state index in [4.69, 9.17) is 10.5 Å². The first-order chi connectivity index (χ1) is 7.04. The first kappa shape index (κ1) is 11.4. The van der Waals surface area contributed by atoms with Crippen LogP contribution in [-0.4, -0.2) is 19.2 Å². The van der Waals surface area contributed by atoms with Gasteiger partial charge in [-0.15, -0.1) is 0 Å². The van der Waals surface area contributed by atoms with Gasteiger partial charge in [-0.05, 0) is 32.0 Å². The van der Waals surface area contributed by atoms with Crippen molar-refractivity contribution in [1.29, 1.82) is 0 Å². The third-order valence-corrected chi connectivity index (χ3v) is 1.79. The maximum absolute atomic E-state index is 11.2. The second-order valence-electron chi connectivity index (χ2n) is 3.41. The second kappa shape index (κ2) is 4.68. The second-order valence-corrected chi connectivity index (χ2v) is 3.41. The van der Waals surface area contributed by atoms with E-state index in [1.54, 1.807) is 18.2 Å². The molecule has 0 unspecified atom stereocenters. The van der Waals surface area contributed by atoms with Gasteiger partial charge in [0.15, 0.2) is 0 Å². The van der Waals surface area contributed by atoms with Crippen LogP contribution in [0, 0.1) is 0 Å². The molecule has 1 aromatic carbocycles. The Hall–Kier alpha value is -1.71. The maximum atomic E-state index is 11.2. The van der Waals surface area contributed by atoms with Gasteiger partial charge in [-0.3, -0.25) is 0 Å². The van der Waals surface area contributed by atoms with Crippen molar-refractivity contribution in [2.75, 3.05) is 12.8 Å². The van der Waals surface area contributed by atoms with E-state index in [1.165, 1.54) is 7.11 Å². The van der Waals surface area contributed by atoms with Crippen LogP contribution in [0.25, 0.3) is 0 Å². The molecule has 0 radical (unpaired) electrons. The Morgan fingerprint density at radius 1 is 1.40 bits per heavy atom. The first-order valence-corrected chi connectivity index (χ1v) is 4.69. The predicted molar refractivity (Wildman–Crippen MR) is 58.0 cm³/mol. The van der Waals surface area contributed by atoms with Gasteiger partial charge in [0.25, 0.3) is 0 Å². The summed E-state index contributed by atoms with van der Waals surface area (Å²) in [5, 5.41) is 0. The smallest absolute Gasteiger partial charge is 0.337 e. The number of benzene rings is 1. The van der Waals surface area contributed by atoms with E-state index < -0.39 is 5.97 Å². The molecule has 0 aliphatic heterocycles. The number of nitrogen functional groups attached to an aromatic ring is 1. The van der Waals surface area contributed by atoms with Crippen LogP contribution < -0.4 is 10.5 Å². The first-order valence-electron chi connectivity index (χ1n) is 4.69. The van der Waals surface area contributed by atoms with Gasteiger partial charge in [-0.2, -0.15) is 0 Å². The van der Waals surface area contributed by atoms with E-state index in [0.29, 0.717) is 17.0 Å². The van der Waals surface area contributed by atoms with Crippen LogP contribution >= 0.6 is 0 Å². The minimum Gasteiger partial charge on any atom is -0.489 e. The summed E-state index contributed by atoms with van der Waals surface area (Å²) in [6, 6.07) is 4.84. The quantitative estimate of drug-likeness (QED) is 0.609. The molecule has 15 heavy (non-hydrogen) atoms. The molecule has 1 aromatic rings. The van der Waals surface area contributed by atoms with E-state index in [-0.39, 0.29) is 6.10 Å². The molecule has 2 N–H and O–H groups in total. The number of carbonyl (C=O) groups excluding carboxylic acids is 1. The Balaban J connectivity index is 2.93. The van der Waals surface area contributed by atoms with Crippen molar-refractivity contribution in [3.63, 3.8) is 0 Å². The molecule has 0 fully saturated rings. The van der Waals surface area contributed by atoms with Gasteiger partial charge in [0.1, 0.15) is 5.75 Å². The summed E-state index contributed by atoms with van der Waals surface area (Å²) in [6.45, 7) is 3.82. The highest BCUT2D eigenvalue weighted by Crippen LogP contribution is 2.23. The molecule has 0 atom stereocenters. The Bertz CT molecular complexity index is 361. The summed E-state index contributed by atoms with van der Waals surface area (Å²) in [5.41, 5.74) is 6.59. The van der Waals surface area contributed by atoms with Crippen molar-refractivity contribution in [3.8, 4) is 5.75 Å². The summed E-state index contributed by atoms with van der Waals surface area (Å²) < 4.78 is 10.0. The summed E-state index contributed by atoms with van der Waals surface area (Å²) >= 11 is 0. The number of rotatable bonds is 3. The normalized spacial score (nSPS) is 10.1. The lowest BCUT2D eigenvalue weighted by molar-refractivity contribution is 0.0601. The molecule has 0 bridgehead atoms. The summed E-state index contributed by atoms with van der Waals surface area (Å²) in [5.74, 6) is 0.176. The van der Waals surface area contributed by atoms with Crippen molar-refractivity contribution >= 4 is 11.7 Å². The standard InChI is InChI=1S/C11H15NO3/c1-7(2)15-10-5-4-8(6-9(10)12)11(13)14-3/h4-7H,12H2,1-3H3. The molecule has 0 saturated carbocycles. The highest BCUT2D eigenvalue weighted by atomic mass is 16.5. The van der Waals surface area contributed by atoms with Gasteiger partial charge >= 0.3 is 5.97 Å². The molecule has 0 spiro atoms. The van der Waals surface area contributed by atoms with E-state index in [9.17, 15) is 4.79 Å². The fourth-order valence-corrected chi connectivity index (χ4v) is 1.15. The van der Waals surface area contributed by atoms with E-state index in [0.717, 1.165) is 0 Å². The van der Waals surface area contributed by atoms with Gasteiger partial charge < -0.3 is 15.2 Å². The Morgan fingerprint density at radius 2 is 2.07 bits per heavy atom. The van der Waals surface area contributed by atoms with Gasteiger partial charge in [-0.25, -0.2) is 4.79 Å². The lowest BCUT2D eigenvalue weighted by Crippen LogP contribution is -2.08. The number of hydrogen-bond acceptors (Lipinski definition) is 4. The number of anilines is 1. The molecule has 4 nitrogen and oxygen atoms in total. The van der Waals surface area contributed by atoms with Gasteiger partial charge in [0.05, 0.1) is 24.5 Å². The number of nitrogens with two attached hydrogens (primary N) is 1. The molecule has 0 amide bonds. The topological polar surface area (TPSA) is 61.5 Å². The highest BCUT2D eigenvalue weighted by molar-refractivity contribution is 5.90. The monoisotopic (exact) mass is 209 g/mol. The lowest BCUT2D eigenvalue weighted by Gasteiger charge is -2.12. The molecular weight excluding hydrogens is 194 g/mol. The molecule has 0 aliphatic carbocycles. The average Bonchev–Trinajstić information content (AvgIpc) is 2.19. The number of ether oxygens (including phenoxy) is 2. The molecule has 0 heterocycles. The van der Waals surface area contributed by atoms with Crippen molar-refractivity contribution in [2.45, 2.75) is 20.0 Å². The van der Waals surface area contributed by atoms with E-state index in [1.807, 2.05) is 13.8 Å². The summed E-state index contributed by atoms with van der Waals surface area (Å²) in [4.78, 5) is 11.2. The number of esters is 1. The molecule has 1 rings (SSSR count). The maximum Gasteiger partial charge on any atom is 0.337 e. The molecular formula is C11H15NO3. The molecule has 82 valence electrons. The van der Waals surface area contributed by atoms with E-state index >= 15 is 0 Å². The fourth-order valence-electron chi connectivity index (χ4n) is 1.15. The van der Waals surface area contributed by atoms with Crippen molar-refractivity contribution in [1.82, 2.24) is 0 Å². The zero-order valence-electron chi connectivity index (χ0n) is 9.11. The zero-order valence-corrected chi connectivity index (χ0v) is 9.11. The van der Waals surface area contributed by atoms with Crippen molar-refractivity contribution < 1.29 is 14.3 Å². The highest BCUT2D eigenvalue weighted by Gasteiger charge is 2.09. The van der Waals surface area contributed by atoms with E-state index in [2.05, 4.69) is 4.74 Å². The minimum absolute atomic E-state index is 0.0521. The third-order valence-electron chi connectivity index (χ3n) is 1.79. The Labute approximate surface area is 89.0 Å². The third kappa shape index (κ3) is 2.87. The minimum atomic E-state index is -0.405. The van der Waals surface area contributed by atoms with Gasteiger partial charge in [0, 0.05) is 0 Å². The number of carbonyl (C=O) groups is 1. The lowest BCUT2D eigenvalue weighted by atomic mass is 10.2. The number of methoxy groups -OCH3 is 1. The van der Waals surface area contributed by atoms with Crippen LogP contribution in [0.4, 0.5) is 5.69 Å². The van der Waals surface area contributed by atoms with Gasteiger partial charge in [-0.1, -0.05) is 0 Å². The molecule has 0 aromatic heterocycles. The van der Waals surface area contributed by atoms with Crippen molar-refractivity contribution in [2.24, 2.45) is 0 Å². The SMILES string of the molecule is COC(=O)c1ccc(OC(C)C)c(N)c1. The zero-order chi connectivity index (χ0) is 11.4. The Kier molecular flexibility index (Phi) is 3.55. The number of hydrogen-bond donors (Lipinski definition) is 1. The molecule has 4 heteroatoms. The van der Waals surface area contributed by atoms with Crippen LogP contribution in [0.3, 0.4) is 0 Å². The van der Waals surface area contributed by atoms with Crippen LogP contribution in [-0.2, 0) is 4.74 Å².